The van der Waals surface area contributed by atoms with Crippen LogP contribution in [0.15, 0.2) is 42.6 Å². The Bertz CT molecular complexity index is 625. The van der Waals surface area contributed by atoms with Gasteiger partial charge in [-0.2, -0.15) is 0 Å². The van der Waals surface area contributed by atoms with Gasteiger partial charge in [0.05, 0.1) is 18.1 Å². The summed E-state index contributed by atoms with van der Waals surface area (Å²) in [6, 6.07) is 11.1. The number of fused-ring (bicyclic) bond motifs is 1. The highest BCUT2D eigenvalue weighted by Crippen LogP contribution is 2.35. The zero-order valence-corrected chi connectivity index (χ0v) is 10.4. The van der Waals surface area contributed by atoms with E-state index in [1.54, 1.807) is 18.3 Å². The van der Waals surface area contributed by atoms with Gasteiger partial charge in [-0.05, 0) is 24.6 Å². The molecule has 0 aliphatic carbocycles. The number of hydrogen-bond donors (Lipinski definition) is 1. The van der Waals surface area contributed by atoms with Gasteiger partial charge in [-0.25, -0.2) is 4.98 Å². The number of aromatic nitrogens is 1. The molecule has 19 heavy (non-hydrogen) atoms. The Labute approximate surface area is 111 Å². The van der Waals surface area contributed by atoms with Crippen molar-refractivity contribution in [2.45, 2.75) is 12.3 Å². The van der Waals surface area contributed by atoms with Crippen molar-refractivity contribution in [3.63, 3.8) is 0 Å². The fourth-order valence-electron chi connectivity index (χ4n) is 2.43. The molecule has 0 saturated heterocycles. The van der Waals surface area contributed by atoms with E-state index in [0.29, 0.717) is 18.6 Å². The molecule has 4 heteroatoms. The SMILES string of the molecule is Nc1ncccc1C(=O)C1CCOc2ccccc21. The van der Waals surface area contributed by atoms with E-state index in [9.17, 15) is 4.79 Å². The Balaban J connectivity index is 2.00. The third-order valence-electron chi connectivity index (χ3n) is 3.38. The number of hydrogen-bond acceptors (Lipinski definition) is 4. The van der Waals surface area contributed by atoms with Crippen LogP contribution in [-0.2, 0) is 0 Å². The van der Waals surface area contributed by atoms with E-state index in [2.05, 4.69) is 4.98 Å². The van der Waals surface area contributed by atoms with Crippen LogP contribution in [0.4, 0.5) is 5.82 Å². The summed E-state index contributed by atoms with van der Waals surface area (Å²) < 4.78 is 5.57. The predicted molar refractivity (Wildman–Crippen MR) is 72.3 cm³/mol. The highest BCUT2D eigenvalue weighted by Gasteiger charge is 2.29. The summed E-state index contributed by atoms with van der Waals surface area (Å²) in [7, 11) is 0. The van der Waals surface area contributed by atoms with E-state index in [0.717, 1.165) is 11.3 Å². The maximum atomic E-state index is 12.6. The third-order valence-corrected chi connectivity index (χ3v) is 3.38. The number of pyridine rings is 1. The zero-order valence-electron chi connectivity index (χ0n) is 10.4. The topological polar surface area (TPSA) is 65.2 Å². The van der Waals surface area contributed by atoms with Crippen molar-refractivity contribution in [1.82, 2.24) is 4.98 Å². The van der Waals surface area contributed by atoms with Gasteiger partial charge in [0.25, 0.3) is 0 Å². The third kappa shape index (κ3) is 2.05. The average molecular weight is 254 g/mol. The average Bonchev–Trinajstić information content (AvgIpc) is 2.46. The molecule has 0 amide bonds. The number of Topliss-reactive ketones (excluding diaryl/α,β-unsaturated/α-hetero) is 1. The van der Waals surface area contributed by atoms with Crippen molar-refractivity contribution in [2.75, 3.05) is 12.3 Å². The Hall–Kier alpha value is -2.36. The van der Waals surface area contributed by atoms with E-state index in [1.807, 2.05) is 24.3 Å². The standard InChI is InChI=1S/C15H14N2O2/c16-15-12(5-3-8-17-15)14(18)11-7-9-19-13-6-2-1-4-10(11)13/h1-6,8,11H,7,9H2,(H2,16,17). The molecule has 1 unspecified atom stereocenters. The first-order chi connectivity index (χ1) is 9.27. The summed E-state index contributed by atoms with van der Waals surface area (Å²) in [5, 5.41) is 0. The summed E-state index contributed by atoms with van der Waals surface area (Å²) in [5.41, 5.74) is 7.21. The Morgan fingerprint density at radius 2 is 2.11 bits per heavy atom. The van der Waals surface area contributed by atoms with Gasteiger partial charge in [0.2, 0.25) is 0 Å². The normalized spacial score (nSPS) is 17.4. The fourth-order valence-corrected chi connectivity index (χ4v) is 2.43. The fraction of sp³-hybridized carbons (Fsp3) is 0.200. The van der Waals surface area contributed by atoms with Crippen LogP contribution in [0.1, 0.15) is 28.3 Å². The maximum Gasteiger partial charge on any atom is 0.174 e. The van der Waals surface area contributed by atoms with Crippen molar-refractivity contribution in [2.24, 2.45) is 0 Å². The number of carbonyl (C=O) groups excluding carboxylic acids is 1. The van der Waals surface area contributed by atoms with E-state index in [-0.39, 0.29) is 17.5 Å². The van der Waals surface area contributed by atoms with Crippen LogP contribution < -0.4 is 10.5 Å². The van der Waals surface area contributed by atoms with E-state index >= 15 is 0 Å². The summed E-state index contributed by atoms with van der Waals surface area (Å²) in [6.07, 6.45) is 2.26. The first-order valence-electron chi connectivity index (χ1n) is 6.24. The van der Waals surface area contributed by atoms with Crippen LogP contribution in [0.25, 0.3) is 0 Å². The van der Waals surface area contributed by atoms with E-state index in [1.165, 1.54) is 0 Å². The molecule has 0 radical (unpaired) electrons. The number of nitrogen functional groups attached to an aromatic ring is 1. The number of para-hydroxylation sites is 1. The van der Waals surface area contributed by atoms with Gasteiger partial charge in [0, 0.05) is 11.8 Å². The lowest BCUT2D eigenvalue weighted by Gasteiger charge is -2.25. The van der Waals surface area contributed by atoms with E-state index < -0.39 is 0 Å². The van der Waals surface area contributed by atoms with Gasteiger partial charge in [-0.15, -0.1) is 0 Å². The van der Waals surface area contributed by atoms with Crippen LogP contribution in [0.5, 0.6) is 5.75 Å². The Morgan fingerprint density at radius 3 is 2.95 bits per heavy atom. The molecule has 96 valence electrons. The maximum absolute atomic E-state index is 12.6. The number of ether oxygens (including phenoxy) is 1. The molecule has 2 N–H and O–H groups in total. The lowest BCUT2D eigenvalue weighted by atomic mass is 9.86. The number of anilines is 1. The number of benzene rings is 1. The van der Waals surface area contributed by atoms with Crippen LogP contribution in [0.3, 0.4) is 0 Å². The van der Waals surface area contributed by atoms with Gasteiger partial charge in [0.1, 0.15) is 11.6 Å². The second-order valence-corrected chi connectivity index (χ2v) is 4.53. The predicted octanol–water partition coefficient (Wildman–Crippen LogP) is 2.41. The number of nitrogens with two attached hydrogens (primary N) is 1. The number of carbonyl (C=O) groups is 1. The molecule has 0 saturated carbocycles. The van der Waals surface area contributed by atoms with Gasteiger partial charge >= 0.3 is 0 Å². The monoisotopic (exact) mass is 254 g/mol. The van der Waals surface area contributed by atoms with Gasteiger partial charge in [-0.3, -0.25) is 4.79 Å². The molecule has 0 fully saturated rings. The van der Waals surface area contributed by atoms with Crippen molar-refractivity contribution in [3.05, 3.63) is 53.7 Å². The van der Waals surface area contributed by atoms with Crippen molar-refractivity contribution in [1.29, 1.82) is 0 Å². The molecular formula is C15H14N2O2. The van der Waals surface area contributed by atoms with Crippen molar-refractivity contribution >= 4 is 11.6 Å². The molecule has 1 aromatic carbocycles. The summed E-state index contributed by atoms with van der Waals surface area (Å²) in [5.74, 6) is 0.892. The summed E-state index contributed by atoms with van der Waals surface area (Å²) >= 11 is 0. The highest BCUT2D eigenvalue weighted by atomic mass is 16.5. The molecule has 2 heterocycles. The number of nitrogens with zero attached hydrogens (tertiary/aromatic N) is 1. The van der Waals surface area contributed by atoms with Crippen molar-refractivity contribution < 1.29 is 9.53 Å². The van der Waals surface area contributed by atoms with Gasteiger partial charge < -0.3 is 10.5 Å². The Morgan fingerprint density at radius 1 is 1.26 bits per heavy atom. The number of ketones is 1. The number of rotatable bonds is 2. The second kappa shape index (κ2) is 4.72. The minimum Gasteiger partial charge on any atom is -0.493 e. The molecule has 4 nitrogen and oxygen atoms in total. The van der Waals surface area contributed by atoms with Crippen LogP contribution >= 0.6 is 0 Å². The van der Waals surface area contributed by atoms with Gasteiger partial charge in [-0.1, -0.05) is 18.2 Å². The highest BCUT2D eigenvalue weighted by molar-refractivity contribution is 6.04. The molecule has 0 bridgehead atoms. The molecule has 3 rings (SSSR count). The summed E-state index contributed by atoms with van der Waals surface area (Å²) in [4.78, 5) is 16.6. The molecule has 1 aromatic heterocycles. The summed E-state index contributed by atoms with van der Waals surface area (Å²) in [6.45, 7) is 0.549. The minimum absolute atomic E-state index is 0.0151. The van der Waals surface area contributed by atoms with Crippen LogP contribution in [0.2, 0.25) is 0 Å². The van der Waals surface area contributed by atoms with Crippen molar-refractivity contribution in [3.8, 4) is 5.75 Å². The Kier molecular flexibility index (Phi) is 2.91. The van der Waals surface area contributed by atoms with Crippen LogP contribution in [-0.4, -0.2) is 17.4 Å². The molecule has 0 spiro atoms. The zero-order chi connectivity index (χ0) is 13.2. The molecule has 1 aliphatic heterocycles. The van der Waals surface area contributed by atoms with Crippen LogP contribution in [0, 0.1) is 0 Å². The lowest BCUT2D eigenvalue weighted by molar-refractivity contribution is 0.0933. The minimum atomic E-state index is -0.198. The smallest absolute Gasteiger partial charge is 0.174 e. The quantitative estimate of drug-likeness (QED) is 0.836. The molecule has 1 atom stereocenters. The van der Waals surface area contributed by atoms with Gasteiger partial charge in [0.15, 0.2) is 5.78 Å². The molecular weight excluding hydrogens is 240 g/mol. The largest absolute Gasteiger partial charge is 0.493 e. The lowest BCUT2D eigenvalue weighted by Crippen LogP contribution is -2.22. The second-order valence-electron chi connectivity index (χ2n) is 4.53. The molecule has 1 aliphatic rings. The first kappa shape index (κ1) is 11.7. The first-order valence-corrected chi connectivity index (χ1v) is 6.24. The van der Waals surface area contributed by atoms with E-state index in [4.69, 9.17) is 10.5 Å². The molecule has 2 aromatic rings.